The van der Waals surface area contributed by atoms with Gasteiger partial charge in [0.1, 0.15) is 0 Å². The SMILES string of the molecule is CN=C(NCCN(C)CC(F)(F)F)NC1CCC(C(=O)N2CCSCC2)CC1. The van der Waals surface area contributed by atoms with Crippen LogP contribution >= 0.6 is 11.8 Å². The molecule has 162 valence electrons. The second-order valence-corrected chi connectivity index (χ2v) is 8.71. The van der Waals surface area contributed by atoms with Crippen LogP contribution in [-0.4, -0.2) is 92.2 Å². The molecule has 2 fully saturated rings. The van der Waals surface area contributed by atoms with Crippen molar-refractivity contribution in [3.05, 3.63) is 0 Å². The molecule has 1 saturated heterocycles. The van der Waals surface area contributed by atoms with E-state index < -0.39 is 12.7 Å². The minimum atomic E-state index is -4.18. The van der Waals surface area contributed by atoms with E-state index >= 15 is 0 Å². The predicted molar refractivity (Wildman–Crippen MR) is 108 cm³/mol. The lowest BCUT2D eigenvalue weighted by molar-refractivity contribution is -0.142. The summed E-state index contributed by atoms with van der Waals surface area (Å²) in [6.07, 6.45) is -0.657. The Morgan fingerprint density at radius 3 is 2.43 bits per heavy atom. The Hall–Kier alpha value is -1.16. The largest absolute Gasteiger partial charge is 0.401 e. The number of carbonyl (C=O) groups is 1. The summed E-state index contributed by atoms with van der Waals surface area (Å²) in [5, 5.41) is 6.41. The third-order valence-corrected chi connectivity index (χ3v) is 6.14. The molecule has 28 heavy (non-hydrogen) atoms. The average Bonchev–Trinajstić information content (AvgIpc) is 2.66. The van der Waals surface area contributed by atoms with Crippen molar-refractivity contribution >= 4 is 23.6 Å². The summed E-state index contributed by atoms with van der Waals surface area (Å²) in [5.74, 6) is 3.08. The highest BCUT2D eigenvalue weighted by Crippen LogP contribution is 2.27. The van der Waals surface area contributed by atoms with Crippen LogP contribution in [0.4, 0.5) is 13.2 Å². The Bertz CT molecular complexity index is 518. The molecule has 2 rings (SSSR count). The molecule has 1 aliphatic carbocycles. The van der Waals surface area contributed by atoms with Crippen molar-refractivity contribution in [1.29, 1.82) is 0 Å². The maximum absolute atomic E-state index is 12.6. The number of hydrogen-bond acceptors (Lipinski definition) is 4. The van der Waals surface area contributed by atoms with Crippen molar-refractivity contribution in [2.75, 3.05) is 58.3 Å². The summed E-state index contributed by atoms with van der Waals surface area (Å²) in [4.78, 5) is 20.0. The van der Waals surface area contributed by atoms with E-state index in [1.165, 1.54) is 11.9 Å². The van der Waals surface area contributed by atoms with E-state index in [9.17, 15) is 18.0 Å². The number of likely N-dealkylation sites (N-methyl/N-ethyl adjacent to an activating group) is 1. The van der Waals surface area contributed by atoms with Crippen LogP contribution < -0.4 is 10.6 Å². The van der Waals surface area contributed by atoms with Crippen molar-refractivity contribution < 1.29 is 18.0 Å². The molecule has 0 spiro atoms. The first kappa shape index (κ1) is 23.1. The number of nitrogens with zero attached hydrogens (tertiary/aromatic N) is 3. The summed E-state index contributed by atoms with van der Waals surface area (Å²) < 4.78 is 37.0. The van der Waals surface area contributed by atoms with E-state index in [4.69, 9.17) is 0 Å². The highest BCUT2D eigenvalue weighted by molar-refractivity contribution is 7.99. The average molecular weight is 424 g/mol. The molecule has 1 aliphatic heterocycles. The number of guanidine groups is 1. The number of rotatable bonds is 6. The van der Waals surface area contributed by atoms with Gasteiger partial charge in [-0.1, -0.05) is 0 Å². The van der Waals surface area contributed by atoms with E-state index in [0.29, 0.717) is 18.4 Å². The number of alkyl halides is 3. The lowest BCUT2D eigenvalue weighted by Gasteiger charge is -2.34. The first-order valence-electron chi connectivity index (χ1n) is 9.87. The van der Waals surface area contributed by atoms with Crippen molar-refractivity contribution in [3.8, 4) is 0 Å². The number of nitrogens with one attached hydrogen (secondary N) is 2. The summed E-state index contributed by atoms with van der Waals surface area (Å²) in [6, 6.07) is 0.236. The van der Waals surface area contributed by atoms with Crippen LogP contribution in [0.1, 0.15) is 25.7 Å². The van der Waals surface area contributed by atoms with Crippen LogP contribution in [0, 0.1) is 5.92 Å². The van der Waals surface area contributed by atoms with Crippen LogP contribution in [-0.2, 0) is 4.79 Å². The van der Waals surface area contributed by atoms with E-state index in [-0.39, 0.29) is 18.5 Å². The van der Waals surface area contributed by atoms with Gasteiger partial charge >= 0.3 is 6.18 Å². The van der Waals surface area contributed by atoms with Crippen LogP contribution in [0.5, 0.6) is 0 Å². The Labute approximate surface area is 169 Å². The lowest BCUT2D eigenvalue weighted by atomic mass is 9.85. The molecule has 0 aromatic rings. The molecule has 0 aromatic carbocycles. The van der Waals surface area contributed by atoms with Gasteiger partial charge in [-0.05, 0) is 32.7 Å². The second-order valence-electron chi connectivity index (χ2n) is 7.48. The fraction of sp³-hybridized carbons (Fsp3) is 0.889. The summed E-state index contributed by atoms with van der Waals surface area (Å²) in [5.41, 5.74) is 0. The molecule has 1 heterocycles. The van der Waals surface area contributed by atoms with E-state index in [1.807, 2.05) is 16.7 Å². The van der Waals surface area contributed by atoms with Gasteiger partial charge in [-0.3, -0.25) is 14.7 Å². The quantitative estimate of drug-likeness (QED) is 0.504. The van der Waals surface area contributed by atoms with Gasteiger partial charge in [-0.2, -0.15) is 24.9 Å². The third-order valence-electron chi connectivity index (χ3n) is 5.20. The molecule has 1 amide bonds. The Balaban J connectivity index is 1.67. The fourth-order valence-corrected chi connectivity index (χ4v) is 4.57. The second kappa shape index (κ2) is 11.1. The summed E-state index contributed by atoms with van der Waals surface area (Å²) >= 11 is 1.90. The molecule has 2 aliphatic rings. The van der Waals surface area contributed by atoms with Gasteiger partial charge in [0.25, 0.3) is 0 Å². The summed E-state index contributed by atoms with van der Waals surface area (Å²) in [7, 11) is 3.10. The van der Waals surface area contributed by atoms with Crippen LogP contribution in [0.25, 0.3) is 0 Å². The van der Waals surface area contributed by atoms with E-state index in [2.05, 4.69) is 15.6 Å². The van der Waals surface area contributed by atoms with Crippen LogP contribution in [0.2, 0.25) is 0 Å². The number of hydrogen-bond donors (Lipinski definition) is 2. The first-order valence-corrected chi connectivity index (χ1v) is 11.0. The number of aliphatic imine (C=N–C) groups is 1. The highest BCUT2D eigenvalue weighted by Gasteiger charge is 2.31. The van der Waals surface area contributed by atoms with Crippen molar-refractivity contribution in [2.45, 2.75) is 37.9 Å². The van der Waals surface area contributed by atoms with E-state index in [1.54, 1.807) is 7.05 Å². The molecule has 1 saturated carbocycles. The zero-order valence-electron chi connectivity index (χ0n) is 16.7. The molecular weight excluding hydrogens is 391 g/mol. The van der Waals surface area contributed by atoms with Crippen molar-refractivity contribution in [2.24, 2.45) is 10.9 Å². The first-order chi connectivity index (χ1) is 13.3. The Kier molecular flexibility index (Phi) is 9.20. The lowest BCUT2D eigenvalue weighted by Crippen LogP contribution is -2.48. The number of amides is 1. The molecule has 0 unspecified atom stereocenters. The molecule has 0 bridgehead atoms. The third kappa shape index (κ3) is 8.06. The molecule has 10 heteroatoms. The van der Waals surface area contributed by atoms with Gasteiger partial charge in [0.2, 0.25) is 5.91 Å². The van der Waals surface area contributed by atoms with E-state index in [0.717, 1.165) is 50.3 Å². The van der Waals surface area contributed by atoms with Crippen molar-refractivity contribution in [1.82, 2.24) is 20.4 Å². The maximum atomic E-state index is 12.6. The zero-order chi connectivity index (χ0) is 20.6. The normalized spacial score (nSPS) is 24.4. The number of thioether (sulfide) groups is 1. The zero-order valence-corrected chi connectivity index (χ0v) is 17.5. The molecule has 0 radical (unpaired) electrons. The van der Waals surface area contributed by atoms with Crippen LogP contribution in [0.3, 0.4) is 0 Å². The topological polar surface area (TPSA) is 60.0 Å². The Morgan fingerprint density at radius 2 is 1.86 bits per heavy atom. The molecule has 0 aromatic heterocycles. The molecule has 6 nitrogen and oxygen atoms in total. The van der Waals surface area contributed by atoms with Gasteiger partial charge in [0.15, 0.2) is 5.96 Å². The van der Waals surface area contributed by atoms with Gasteiger partial charge in [-0.25, -0.2) is 0 Å². The van der Waals surface area contributed by atoms with Gasteiger partial charge in [0, 0.05) is 56.7 Å². The number of carbonyl (C=O) groups excluding carboxylic acids is 1. The standard InChI is InChI=1S/C18H32F3N5OS/c1-22-17(23-7-8-25(2)13-18(19,20)21)24-15-5-3-14(4-6-15)16(27)26-9-11-28-12-10-26/h14-15H,3-13H2,1-2H3,(H2,22,23,24). The van der Waals surface area contributed by atoms with Gasteiger partial charge < -0.3 is 15.5 Å². The summed E-state index contributed by atoms with van der Waals surface area (Å²) in [6.45, 7) is 1.46. The minimum absolute atomic E-state index is 0.118. The smallest absolute Gasteiger partial charge is 0.355 e. The van der Waals surface area contributed by atoms with Gasteiger partial charge in [-0.15, -0.1) is 0 Å². The monoisotopic (exact) mass is 423 g/mol. The molecule has 0 atom stereocenters. The predicted octanol–water partition coefficient (Wildman–Crippen LogP) is 1.78. The molecular formula is C18H32F3N5OS. The van der Waals surface area contributed by atoms with Crippen LogP contribution in [0.15, 0.2) is 4.99 Å². The minimum Gasteiger partial charge on any atom is -0.355 e. The number of halogens is 3. The fourth-order valence-electron chi connectivity index (χ4n) is 3.66. The maximum Gasteiger partial charge on any atom is 0.401 e. The highest BCUT2D eigenvalue weighted by atomic mass is 32.2. The Morgan fingerprint density at radius 1 is 1.21 bits per heavy atom. The molecule has 2 N–H and O–H groups in total. The van der Waals surface area contributed by atoms with Gasteiger partial charge in [0.05, 0.1) is 6.54 Å². The van der Waals surface area contributed by atoms with Crippen molar-refractivity contribution in [3.63, 3.8) is 0 Å².